The molecule has 0 radical (unpaired) electrons. The number of ether oxygens (including phenoxy) is 1. The van der Waals surface area contributed by atoms with Crippen LogP contribution in [0.3, 0.4) is 0 Å². The average Bonchev–Trinajstić information content (AvgIpc) is 3.81. The number of benzene rings is 3. The largest absolute Gasteiger partial charge is 0.489 e. The average molecular weight is 761 g/mol. The summed E-state index contributed by atoms with van der Waals surface area (Å²) in [5, 5.41) is 12.0. The van der Waals surface area contributed by atoms with Gasteiger partial charge in [-0.15, -0.1) is 0 Å². The van der Waals surface area contributed by atoms with Crippen molar-refractivity contribution in [1.82, 2.24) is 20.0 Å². The number of fused-ring (bicyclic) bond motifs is 3. The third-order valence-electron chi connectivity index (χ3n) is 13.2. The fraction of sp³-hybridized carbons (Fsp3) is 0.465. The topological polar surface area (TPSA) is 126 Å². The van der Waals surface area contributed by atoms with Crippen molar-refractivity contribution in [2.45, 2.75) is 104 Å². The minimum absolute atomic E-state index is 0.0360. The summed E-state index contributed by atoms with van der Waals surface area (Å²) in [6.45, 7) is 13.1. The van der Waals surface area contributed by atoms with E-state index in [2.05, 4.69) is 67.1 Å². The van der Waals surface area contributed by atoms with Crippen molar-refractivity contribution in [3.05, 3.63) is 92.5 Å². The number of piperidine rings is 2. The molecule has 0 aromatic heterocycles. The smallest absolute Gasteiger partial charge is 0.255 e. The van der Waals surface area contributed by atoms with Crippen LogP contribution in [-0.2, 0) is 35.8 Å². The Morgan fingerprint density at radius 2 is 1.45 bits per heavy atom. The molecule has 6 aliphatic rings. The van der Waals surface area contributed by atoms with Crippen molar-refractivity contribution in [3.63, 3.8) is 0 Å². The Hall–Kier alpha value is -4.92. The molecule has 5 aliphatic heterocycles. The van der Waals surface area contributed by atoms with Crippen molar-refractivity contribution in [3.8, 4) is 11.8 Å². The second-order valence-corrected chi connectivity index (χ2v) is 17.8. The number of carbonyl (C=O) groups excluding carboxylic acids is 4. The lowest BCUT2D eigenvalue weighted by molar-refractivity contribution is -0.199. The Morgan fingerprint density at radius 1 is 0.782 bits per heavy atom. The molecular weight excluding hydrogens is 716 g/mol. The fourth-order valence-corrected chi connectivity index (χ4v) is 11.2. The second-order valence-electron chi connectivity index (χ2n) is 17.4. The molecule has 1 atom stereocenters. The summed E-state index contributed by atoms with van der Waals surface area (Å²) in [6, 6.07) is 17.5. The van der Waals surface area contributed by atoms with E-state index in [0.717, 1.165) is 61.4 Å². The van der Waals surface area contributed by atoms with E-state index < -0.39 is 6.04 Å². The van der Waals surface area contributed by atoms with Gasteiger partial charge in [-0.1, -0.05) is 45.4 Å². The Kier molecular flexibility index (Phi) is 8.33. The van der Waals surface area contributed by atoms with Crippen LogP contribution in [0.2, 0.25) is 5.02 Å². The molecule has 12 heteroatoms. The molecule has 3 aromatic carbocycles. The van der Waals surface area contributed by atoms with Crippen molar-refractivity contribution >= 4 is 40.9 Å². The van der Waals surface area contributed by atoms with E-state index >= 15 is 0 Å². The van der Waals surface area contributed by atoms with E-state index in [1.54, 1.807) is 23.1 Å². The van der Waals surface area contributed by atoms with Crippen LogP contribution in [0.15, 0.2) is 48.5 Å². The summed E-state index contributed by atoms with van der Waals surface area (Å²) in [5.74, 6) is -0.0999. The number of hydrogen-bond donors (Lipinski definition) is 1. The van der Waals surface area contributed by atoms with Gasteiger partial charge in [0.1, 0.15) is 24.0 Å². The molecule has 0 spiro atoms. The predicted molar refractivity (Wildman–Crippen MR) is 205 cm³/mol. The van der Waals surface area contributed by atoms with Crippen LogP contribution in [0.25, 0.3) is 0 Å². The van der Waals surface area contributed by atoms with Crippen molar-refractivity contribution in [2.75, 3.05) is 18.0 Å². The first-order chi connectivity index (χ1) is 26.2. The van der Waals surface area contributed by atoms with E-state index in [-0.39, 0.29) is 53.0 Å². The summed E-state index contributed by atoms with van der Waals surface area (Å²) >= 11 is 6.30. The first-order valence-electron chi connectivity index (χ1n) is 19.3. The SMILES string of the molecule is CC1(C)[C@H](Oc2ccc(C#N)c(Cl)c2)C(C)(C)[C@H]1N1Cc2cc(N3CCC(N4Cc5cc6c(cc5C4)C(=O)N(C4CCC(=O)NC4=O)C6)CC3)ccc2C1=O. The monoisotopic (exact) mass is 760 g/mol. The normalized spacial score (nSPS) is 25.7. The minimum Gasteiger partial charge on any atom is -0.489 e. The molecule has 3 fully saturated rings. The zero-order chi connectivity index (χ0) is 38.6. The van der Waals surface area contributed by atoms with Gasteiger partial charge in [0, 0.05) is 91.5 Å². The molecule has 3 aromatic rings. The first-order valence-corrected chi connectivity index (χ1v) is 19.7. The molecule has 5 heterocycles. The van der Waals surface area contributed by atoms with Gasteiger partial charge in [0.05, 0.1) is 10.6 Å². The summed E-state index contributed by atoms with van der Waals surface area (Å²) in [5.41, 5.74) is 6.82. The van der Waals surface area contributed by atoms with Crippen molar-refractivity contribution in [2.24, 2.45) is 10.8 Å². The summed E-state index contributed by atoms with van der Waals surface area (Å²) in [4.78, 5) is 60.1. The number of nitriles is 1. The van der Waals surface area contributed by atoms with Crippen LogP contribution in [0.4, 0.5) is 5.69 Å². The maximum atomic E-state index is 13.9. The number of carbonyl (C=O) groups is 4. The minimum atomic E-state index is -0.600. The van der Waals surface area contributed by atoms with Crippen molar-refractivity contribution < 1.29 is 23.9 Å². The molecule has 9 rings (SSSR count). The molecule has 4 amide bonds. The Morgan fingerprint density at radius 3 is 2.15 bits per heavy atom. The third kappa shape index (κ3) is 5.71. The highest BCUT2D eigenvalue weighted by atomic mass is 35.5. The maximum Gasteiger partial charge on any atom is 0.255 e. The lowest BCUT2D eigenvalue weighted by Gasteiger charge is -2.65. The molecule has 1 saturated carbocycles. The van der Waals surface area contributed by atoms with Gasteiger partial charge in [-0.25, -0.2) is 0 Å². The molecule has 1 aliphatic carbocycles. The predicted octanol–water partition coefficient (Wildman–Crippen LogP) is 5.80. The van der Waals surface area contributed by atoms with Gasteiger partial charge < -0.3 is 19.4 Å². The summed E-state index contributed by atoms with van der Waals surface area (Å²) < 4.78 is 6.50. The number of nitrogens with one attached hydrogen (secondary N) is 1. The van der Waals surface area contributed by atoms with Gasteiger partial charge >= 0.3 is 0 Å². The highest BCUT2D eigenvalue weighted by Crippen LogP contribution is 2.59. The Balaban J connectivity index is 0.820. The number of nitrogens with zero attached hydrogens (tertiary/aromatic N) is 5. The lowest BCUT2D eigenvalue weighted by Crippen LogP contribution is -2.74. The molecular formula is C43H45ClN6O5. The fourth-order valence-electron chi connectivity index (χ4n) is 11.0. The molecule has 1 unspecified atom stereocenters. The molecule has 2 saturated heterocycles. The van der Waals surface area contributed by atoms with Crippen LogP contribution in [0.5, 0.6) is 5.75 Å². The molecule has 1 N–H and O–H groups in total. The first kappa shape index (κ1) is 35.8. The van der Waals surface area contributed by atoms with E-state index in [0.29, 0.717) is 47.5 Å². The lowest BCUT2D eigenvalue weighted by atomic mass is 9.49. The highest BCUT2D eigenvalue weighted by Gasteiger charge is 2.67. The number of amides is 4. The van der Waals surface area contributed by atoms with Crippen LogP contribution < -0.4 is 15.0 Å². The summed E-state index contributed by atoms with van der Waals surface area (Å²) in [7, 11) is 0. The number of anilines is 1. The number of imide groups is 1. The zero-order valence-corrected chi connectivity index (χ0v) is 32.4. The second kappa shape index (κ2) is 12.8. The van der Waals surface area contributed by atoms with Crippen LogP contribution in [-0.4, -0.2) is 75.6 Å². The van der Waals surface area contributed by atoms with Gasteiger partial charge in [-0.3, -0.25) is 29.4 Å². The molecule has 11 nitrogen and oxygen atoms in total. The number of hydrogen-bond acceptors (Lipinski definition) is 8. The van der Waals surface area contributed by atoms with Crippen LogP contribution in [0, 0.1) is 22.2 Å². The van der Waals surface area contributed by atoms with Crippen LogP contribution in [0.1, 0.15) is 102 Å². The Bertz CT molecular complexity index is 2200. The van der Waals surface area contributed by atoms with E-state index in [1.807, 2.05) is 17.0 Å². The van der Waals surface area contributed by atoms with Gasteiger partial charge in [0.2, 0.25) is 11.8 Å². The third-order valence-corrected chi connectivity index (χ3v) is 13.6. The number of rotatable bonds is 6. The maximum absolute atomic E-state index is 13.9. The molecule has 0 bridgehead atoms. The Labute approximate surface area is 326 Å². The van der Waals surface area contributed by atoms with Gasteiger partial charge in [-0.05, 0) is 77.9 Å². The quantitative estimate of drug-likeness (QED) is 0.313. The number of halogens is 1. The highest BCUT2D eigenvalue weighted by molar-refractivity contribution is 6.31. The van der Waals surface area contributed by atoms with Crippen molar-refractivity contribution in [1.29, 1.82) is 5.26 Å². The standard InChI is InChI=1S/C43H45ClN6O5/c1-42(2)40(43(3,4)41(42)55-31-7-5-24(19-45)34(44)18-31)50-23-28-16-30(6-8-32(28)38(50)53)47-13-11-29(12-14-47)48-20-25-15-27-22-49(35-9-10-36(51)46-37(35)52)39(54)33(27)17-26(25)21-48/h5-8,15-18,29,35,40-41H,9-14,20-23H2,1-4H3,(H,46,51,52)/t35?,40-,41-. The van der Waals surface area contributed by atoms with Crippen LogP contribution >= 0.6 is 11.6 Å². The van der Waals surface area contributed by atoms with Gasteiger partial charge in [-0.2, -0.15) is 5.26 Å². The molecule has 55 heavy (non-hydrogen) atoms. The van der Waals surface area contributed by atoms with Gasteiger partial charge in [0.15, 0.2) is 0 Å². The van der Waals surface area contributed by atoms with E-state index in [9.17, 15) is 24.4 Å². The van der Waals surface area contributed by atoms with E-state index in [1.165, 1.54) is 11.1 Å². The molecule has 284 valence electrons. The van der Waals surface area contributed by atoms with Gasteiger partial charge in [0.25, 0.3) is 11.8 Å². The zero-order valence-electron chi connectivity index (χ0n) is 31.7. The van der Waals surface area contributed by atoms with E-state index in [4.69, 9.17) is 16.3 Å². The summed E-state index contributed by atoms with van der Waals surface area (Å²) in [6.07, 6.45) is 2.50.